The zero-order valence-electron chi connectivity index (χ0n) is 28.1. The van der Waals surface area contributed by atoms with E-state index >= 15 is 0 Å². The average Bonchev–Trinajstić information content (AvgIpc) is 3.76. The van der Waals surface area contributed by atoms with Crippen LogP contribution in [0.15, 0.2) is 120 Å². The molecule has 1 radical (unpaired) electrons. The minimum absolute atomic E-state index is 0. The molecule has 249 valence electrons. The van der Waals surface area contributed by atoms with Crippen LogP contribution >= 0.6 is 0 Å². The second kappa shape index (κ2) is 15.1. The van der Waals surface area contributed by atoms with Crippen LogP contribution in [0.4, 0.5) is 4.39 Å². The number of nitrogens with zero attached hydrogens (tertiary/aromatic N) is 2. The fourth-order valence-electron chi connectivity index (χ4n) is 6.59. The Balaban J connectivity index is 0.000000198. The summed E-state index contributed by atoms with van der Waals surface area (Å²) in [7, 11) is -1.30. The summed E-state index contributed by atoms with van der Waals surface area (Å²) in [6.45, 7) is 6.86. The summed E-state index contributed by atoms with van der Waals surface area (Å²) < 4.78 is 19.2. The molecular formula is C43H39FIrN2OSi-2. The second-order valence-electron chi connectivity index (χ2n) is 13.8. The maximum absolute atomic E-state index is 12.8. The molecule has 0 atom stereocenters. The molecule has 8 rings (SSSR count). The number of furan rings is 1. The van der Waals surface area contributed by atoms with Crippen LogP contribution in [0, 0.1) is 23.9 Å². The summed E-state index contributed by atoms with van der Waals surface area (Å²) in [6, 6.07) is 40.2. The smallest absolute Gasteiger partial charge is 0.121 e. The third kappa shape index (κ3) is 7.99. The fraction of sp³-hybridized carbons (Fsp3) is 0.209. The molecule has 0 bridgehead atoms. The van der Waals surface area contributed by atoms with E-state index in [-0.39, 0.29) is 25.9 Å². The number of aromatic nitrogens is 2. The normalized spacial score (nSPS) is 13.2. The summed E-state index contributed by atoms with van der Waals surface area (Å²) in [4.78, 5) is 9.10. The molecule has 1 aliphatic carbocycles. The number of pyridine rings is 2. The van der Waals surface area contributed by atoms with E-state index in [0.717, 1.165) is 62.4 Å². The Hall–Kier alpha value is -4.22. The van der Waals surface area contributed by atoms with Gasteiger partial charge in [-0.2, -0.15) is 0 Å². The Kier molecular flexibility index (Phi) is 10.7. The Morgan fingerprint density at radius 1 is 0.796 bits per heavy atom. The van der Waals surface area contributed by atoms with Crippen molar-refractivity contribution < 1.29 is 28.9 Å². The molecule has 3 aromatic heterocycles. The Labute approximate surface area is 303 Å². The maximum atomic E-state index is 12.8. The van der Waals surface area contributed by atoms with Crippen molar-refractivity contribution in [1.82, 2.24) is 9.97 Å². The molecule has 0 spiro atoms. The van der Waals surface area contributed by atoms with Gasteiger partial charge in [0.25, 0.3) is 0 Å². The minimum Gasteiger partial charge on any atom is -0.501 e. The van der Waals surface area contributed by atoms with Crippen molar-refractivity contribution in [2.75, 3.05) is 0 Å². The van der Waals surface area contributed by atoms with Gasteiger partial charge in [0.2, 0.25) is 0 Å². The Morgan fingerprint density at radius 2 is 1.61 bits per heavy atom. The molecule has 0 N–H and O–H groups in total. The van der Waals surface area contributed by atoms with Crippen molar-refractivity contribution in [2.45, 2.75) is 51.7 Å². The molecule has 7 aromatic rings. The topological polar surface area (TPSA) is 38.9 Å². The van der Waals surface area contributed by atoms with Gasteiger partial charge in [0, 0.05) is 43.7 Å². The first-order valence-electron chi connectivity index (χ1n) is 16.8. The number of hydrogen-bond acceptors (Lipinski definition) is 3. The predicted molar refractivity (Wildman–Crippen MR) is 198 cm³/mol. The van der Waals surface area contributed by atoms with Gasteiger partial charge in [0.1, 0.15) is 5.58 Å². The van der Waals surface area contributed by atoms with Crippen molar-refractivity contribution in [3.8, 4) is 33.6 Å². The molecule has 3 heterocycles. The minimum atomic E-state index is -1.30. The SMILES string of the molecule is C[Si](C)(C)c1ccc(-c2[c-]cc(F)cc2)nc1.[Ir].[c-]1ccc2c(oc3cc(-c4ccccc4)ccc32)c1-c1cc(CC2CCCC2)ccn1. The number of fused-ring (bicyclic) bond motifs is 3. The first kappa shape index (κ1) is 34.6. The van der Waals surface area contributed by atoms with Crippen molar-refractivity contribution >= 4 is 35.2 Å². The number of halogens is 1. The molecule has 49 heavy (non-hydrogen) atoms. The number of hydrogen-bond donors (Lipinski definition) is 0. The van der Waals surface area contributed by atoms with Gasteiger partial charge in [-0.05, 0) is 52.2 Å². The molecule has 0 aliphatic heterocycles. The van der Waals surface area contributed by atoms with Gasteiger partial charge in [-0.25, -0.2) is 0 Å². The Morgan fingerprint density at radius 3 is 2.33 bits per heavy atom. The fourth-order valence-corrected chi connectivity index (χ4v) is 7.63. The van der Waals surface area contributed by atoms with E-state index in [1.54, 1.807) is 6.07 Å². The van der Waals surface area contributed by atoms with Crippen molar-refractivity contribution in [2.24, 2.45) is 5.92 Å². The second-order valence-corrected chi connectivity index (χ2v) is 18.9. The molecule has 1 fully saturated rings. The molecule has 3 nitrogen and oxygen atoms in total. The van der Waals surface area contributed by atoms with Crippen LogP contribution in [0.5, 0.6) is 0 Å². The van der Waals surface area contributed by atoms with E-state index in [1.165, 1.54) is 54.1 Å². The van der Waals surface area contributed by atoms with Crippen molar-refractivity contribution in [3.05, 3.63) is 139 Å². The van der Waals surface area contributed by atoms with E-state index in [4.69, 9.17) is 4.42 Å². The van der Waals surface area contributed by atoms with Crippen LogP contribution in [-0.2, 0) is 26.5 Å². The predicted octanol–water partition coefficient (Wildman–Crippen LogP) is 11.1. The summed E-state index contributed by atoms with van der Waals surface area (Å²) >= 11 is 0. The number of benzene rings is 4. The molecular weight excluding hydrogens is 800 g/mol. The molecule has 0 saturated heterocycles. The monoisotopic (exact) mass is 839 g/mol. The molecule has 4 aromatic carbocycles. The van der Waals surface area contributed by atoms with Crippen LogP contribution in [0.3, 0.4) is 0 Å². The maximum Gasteiger partial charge on any atom is 0.121 e. The first-order chi connectivity index (χ1) is 23.3. The van der Waals surface area contributed by atoms with E-state index in [0.29, 0.717) is 0 Å². The zero-order chi connectivity index (χ0) is 33.1. The van der Waals surface area contributed by atoms with Crippen LogP contribution in [0.25, 0.3) is 55.6 Å². The van der Waals surface area contributed by atoms with Crippen molar-refractivity contribution in [1.29, 1.82) is 0 Å². The molecule has 0 amide bonds. The zero-order valence-corrected chi connectivity index (χ0v) is 31.5. The largest absolute Gasteiger partial charge is 0.501 e. The van der Waals surface area contributed by atoms with Crippen LogP contribution in [0.1, 0.15) is 31.2 Å². The molecule has 6 heteroatoms. The van der Waals surface area contributed by atoms with E-state index in [1.807, 2.05) is 30.6 Å². The average molecular weight is 839 g/mol. The van der Waals surface area contributed by atoms with Gasteiger partial charge in [0.05, 0.1) is 13.7 Å². The third-order valence-corrected chi connectivity index (χ3v) is 11.3. The van der Waals surface area contributed by atoms with Gasteiger partial charge in [-0.1, -0.05) is 123 Å². The quantitative estimate of drug-likeness (QED) is 0.124. The third-order valence-electron chi connectivity index (χ3n) is 9.30. The van der Waals surface area contributed by atoms with Gasteiger partial charge >= 0.3 is 0 Å². The summed E-state index contributed by atoms with van der Waals surface area (Å²) in [5.74, 6) is 0.546. The standard InChI is InChI=1S/C29H24NO.C14H15FNSi.Ir/c1-2-9-22(10-3-1)23-13-14-24-25-11-6-12-26(29(25)31-28(24)19-23)27-18-21(15-16-30-27)17-20-7-4-5-8-20;1-17(2,3)13-8-9-14(16-10-13)11-4-6-12(15)7-5-11;/h1-3,6,9-11,13-16,18-20H,4-5,7-8,17H2;4,6-10H,1-3H3;/q2*-1;. The summed E-state index contributed by atoms with van der Waals surface area (Å²) in [5, 5.41) is 3.57. The molecule has 1 aliphatic rings. The Bertz CT molecular complexity index is 2150. The summed E-state index contributed by atoms with van der Waals surface area (Å²) in [6.07, 6.45) is 10.5. The van der Waals surface area contributed by atoms with Gasteiger partial charge in [-0.15, -0.1) is 48.0 Å². The van der Waals surface area contributed by atoms with Crippen LogP contribution in [0.2, 0.25) is 19.6 Å². The van der Waals surface area contributed by atoms with Crippen LogP contribution < -0.4 is 5.19 Å². The summed E-state index contributed by atoms with van der Waals surface area (Å²) in [5.41, 5.74) is 9.05. The van der Waals surface area contributed by atoms with Gasteiger partial charge in [-0.3, -0.25) is 4.39 Å². The van der Waals surface area contributed by atoms with Crippen LogP contribution in [-0.4, -0.2) is 18.0 Å². The first-order valence-corrected chi connectivity index (χ1v) is 20.3. The van der Waals surface area contributed by atoms with Crippen molar-refractivity contribution in [3.63, 3.8) is 0 Å². The van der Waals surface area contributed by atoms with E-state index < -0.39 is 8.07 Å². The van der Waals surface area contributed by atoms with E-state index in [9.17, 15) is 4.39 Å². The molecule has 1 saturated carbocycles. The molecule has 0 unspecified atom stereocenters. The van der Waals surface area contributed by atoms with Gasteiger partial charge in [0.15, 0.2) is 0 Å². The van der Waals surface area contributed by atoms with E-state index in [2.05, 4.69) is 108 Å². The van der Waals surface area contributed by atoms with Gasteiger partial charge < -0.3 is 14.4 Å². The number of rotatable bonds is 6.